The second-order valence-corrected chi connectivity index (χ2v) is 4.77. The summed E-state index contributed by atoms with van der Waals surface area (Å²) < 4.78 is 18.1. The van der Waals surface area contributed by atoms with E-state index in [1.54, 1.807) is 0 Å². The summed E-state index contributed by atoms with van der Waals surface area (Å²) in [4.78, 5) is 23.3. The molecule has 0 unspecified atom stereocenters. The third-order valence-electron chi connectivity index (χ3n) is 2.90. The molecule has 0 aliphatic rings. The Balaban J connectivity index is 2.25. The molecule has 0 aliphatic carbocycles. The van der Waals surface area contributed by atoms with Gasteiger partial charge < -0.3 is 15.8 Å². The molecule has 0 heterocycles. The van der Waals surface area contributed by atoms with E-state index in [-0.39, 0.29) is 21.9 Å². The summed E-state index contributed by atoms with van der Waals surface area (Å²) >= 11 is 5.83. The van der Waals surface area contributed by atoms with Gasteiger partial charge in [-0.25, -0.2) is 4.39 Å². The molecule has 2 aromatic carbocycles. The lowest BCUT2D eigenvalue weighted by molar-refractivity contribution is 0.0996. The van der Waals surface area contributed by atoms with Crippen LogP contribution in [0.3, 0.4) is 0 Å². The summed E-state index contributed by atoms with van der Waals surface area (Å²) in [6, 6.07) is 8.05. The molecule has 2 amide bonds. The molecule has 5 nitrogen and oxygen atoms in total. The number of halogens is 2. The molecule has 0 atom stereocenters. The number of ether oxygens (including phenoxy) is 1. The van der Waals surface area contributed by atoms with E-state index in [0.717, 1.165) is 6.07 Å². The highest BCUT2D eigenvalue weighted by atomic mass is 35.5. The van der Waals surface area contributed by atoms with E-state index >= 15 is 0 Å². The van der Waals surface area contributed by atoms with Crippen LogP contribution in [0, 0.1) is 5.82 Å². The third kappa shape index (κ3) is 3.35. The van der Waals surface area contributed by atoms with Gasteiger partial charge in [-0.15, -0.1) is 0 Å². The Morgan fingerprint density at radius 1 is 1.23 bits per heavy atom. The topological polar surface area (TPSA) is 81.4 Å². The van der Waals surface area contributed by atoms with Crippen LogP contribution in [0.25, 0.3) is 0 Å². The van der Waals surface area contributed by atoms with E-state index in [1.165, 1.54) is 37.4 Å². The molecule has 0 radical (unpaired) electrons. The summed E-state index contributed by atoms with van der Waals surface area (Å²) in [5.41, 5.74) is 5.82. The predicted molar refractivity (Wildman–Crippen MR) is 80.9 cm³/mol. The van der Waals surface area contributed by atoms with E-state index in [2.05, 4.69) is 5.32 Å². The van der Waals surface area contributed by atoms with Crippen molar-refractivity contribution in [2.75, 3.05) is 12.4 Å². The Bertz CT molecular complexity index is 750. The van der Waals surface area contributed by atoms with Gasteiger partial charge in [-0.3, -0.25) is 9.59 Å². The standard InChI is InChI=1S/C15H12ClFN2O3/c1-22-13-6-8(2-5-12(13)17)15(21)19-9-3-4-11(16)10(7-9)14(18)20/h2-7H,1H3,(H2,18,20)(H,19,21). The molecule has 0 aliphatic heterocycles. The average molecular weight is 323 g/mol. The van der Waals surface area contributed by atoms with Crippen LogP contribution in [0.4, 0.5) is 10.1 Å². The number of benzene rings is 2. The number of hydrogen-bond donors (Lipinski definition) is 2. The van der Waals surface area contributed by atoms with E-state index in [4.69, 9.17) is 22.1 Å². The number of nitrogens with one attached hydrogen (secondary N) is 1. The first kappa shape index (κ1) is 15.8. The highest BCUT2D eigenvalue weighted by Gasteiger charge is 2.12. The SMILES string of the molecule is COc1cc(C(=O)Nc2ccc(Cl)c(C(N)=O)c2)ccc1F. The molecule has 0 saturated heterocycles. The monoisotopic (exact) mass is 322 g/mol. The van der Waals surface area contributed by atoms with Crippen molar-refractivity contribution < 1.29 is 18.7 Å². The first-order valence-electron chi connectivity index (χ1n) is 6.16. The van der Waals surface area contributed by atoms with E-state index in [1.807, 2.05) is 0 Å². The number of carbonyl (C=O) groups excluding carboxylic acids is 2. The lowest BCUT2D eigenvalue weighted by atomic mass is 10.1. The minimum absolute atomic E-state index is 0.0402. The zero-order valence-electron chi connectivity index (χ0n) is 11.5. The number of amides is 2. The van der Waals surface area contributed by atoms with Gasteiger partial charge in [-0.1, -0.05) is 11.6 Å². The first-order chi connectivity index (χ1) is 10.4. The van der Waals surface area contributed by atoms with Crippen molar-refractivity contribution in [1.82, 2.24) is 0 Å². The third-order valence-corrected chi connectivity index (χ3v) is 3.23. The van der Waals surface area contributed by atoms with Gasteiger partial charge >= 0.3 is 0 Å². The van der Waals surface area contributed by atoms with Crippen molar-refractivity contribution in [2.45, 2.75) is 0 Å². The lowest BCUT2D eigenvalue weighted by Crippen LogP contribution is -2.15. The molecule has 114 valence electrons. The van der Waals surface area contributed by atoms with Gasteiger partial charge in [0, 0.05) is 11.3 Å². The van der Waals surface area contributed by atoms with Crippen molar-refractivity contribution in [3.05, 3.63) is 58.4 Å². The zero-order valence-corrected chi connectivity index (χ0v) is 12.3. The second kappa shape index (κ2) is 6.44. The number of carbonyl (C=O) groups is 2. The van der Waals surface area contributed by atoms with Crippen LogP contribution in [-0.4, -0.2) is 18.9 Å². The summed E-state index contributed by atoms with van der Waals surface area (Å²) in [6.07, 6.45) is 0. The van der Waals surface area contributed by atoms with Crippen molar-refractivity contribution in [3.8, 4) is 5.75 Å². The van der Waals surface area contributed by atoms with Gasteiger partial charge in [0.1, 0.15) is 0 Å². The Morgan fingerprint density at radius 2 is 1.95 bits per heavy atom. The van der Waals surface area contributed by atoms with Crippen LogP contribution in [0.2, 0.25) is 5.02 Å². The zero-order chi connectivity index (χ0) is 16.3. The van der Waals surface area contributed by atoms with Crippen molar-refractivity contribution in [1.29, 1.82) is 0 Å². The predicted octanol–water partition coefficient (Wildman–Crippen LogP) is 2.84. The molecule has 0 bridgehead atoms. The fourth-order valence-electron chi connectivity index (χ4n) is 1.80. The van der Waals surface area contributed by atoms with Crippen LogP contribution in [0.1, 0.15) is 20.7 Å². The number of rotatable bonds is 4. The molecule has 2 aromatic rings. The second-order valence-electron chi connectivity index (χ2n) is 4.36. The Labute approximate surface area is 130 Å². The van der Waals surface area contributed by atoms with Gasteiger partial charge in [0.2, 0.25) is 5.91 Å². The molecule has 0 fully saturated rings. The highest BCUT2D eigenvalue weighted by molar-refractivity contribution is 6.34. The van der Waals surface area contributed by atoms with Crippen molar-refractivity contribution >= 4 is 29.1 Å². The Hall–Kier alpha value is -2.60. The molecule has 0 aromatic heterocycles. The van der Waals surface area contributed by atoms with Gasteiger partial charge in [0.05, 0.1) is 17.7 Å². The van der Waals surface area contributed by atoms with Crippen LogP contribution >= 0.6 is 11.6 Å². The molecule has 22 heavy (non-hydrogen) atoms. The van der Waals surface area contributed by atoms with Crippen LogP contribution in [0.5, 0.6) is 5.75 Å². The van der Waals surface area contributed by atoms with Crippen LogP contribution in [0.15, 0.2) is 36.4 Å². The van der Waals surface area contributed by atoms with E-state index in [9.17, 15) is 14.0 Å². The average Bonchev–Trinajstić information content (AvgIpc) is 2.49. The molecule has 7 heteroatoms. The van der Waals surface area contributed by atoms with Crippen LogP contribution < -0.4 is 15.8 Å². The summed E-state index contributed by atoms with van der Waals surface area (Å²) in [5.74, 6) is -1.80. The van der Waals surface area contributed by atoms with Crippen LogP contribution in [-0.2, 0) is 0 Å². The Kier molecular flexibility index (Phi) is 4.62. The molecule has 0 saturated carbocycles. The molecule has 3 N–H and O–H groups in total. The maximum atomic E-state index is 13.3. The van der Waals surface area contributed by atoms with E-state index < -0.39 is 17.6 Å². The number of anilines is 1. The molecule has 0 spiro atoms. The maximum Gasteiger partial charge on any atom is 0.255 e. The minimum atomic E-state index is -0.704. The Morgan fingerprint density at radius 3 is 2.59 bits per heavy atom. The van der Waals surface area contributed by atoms with Gasteiger partial charge in [-0.05, 0) is 36.4 Å². The van der Waals surface area contributed by atoms with Gasteiger partial charge in [0.25, 0.3) is 5.91 Å². The number of primary amides is 1. The van der Waals surface area contributed by atoms with Gasteiger partial charge in [0.15, 0.2) is 11.6 Å². The summed E-state index contributed by atoms with van der Waals surface area (Å²) in [6.45, 7) is 0. The minimum Gasteiger partial charge on any atom is -0.494 e. The molecular weight excluding hydrogens is 311 g/mol. The maximum absolute atomic E-state index is 13.3. The number of methoxy groups -OCH3 is 1. The van der Waals surface area contributed by atoms with Crippen molar-refractivity contribution in [3.63, 3.8) is 0 Å². The summed E-state index contributed by atoms with van der Waals surface area (Å²) in [7, 11) is 1.30. The fourth-order valence-corrected chi connectivity index (χ4v) is 2.01. The highest BCUT2D eigenvalue weighted by Crippen LogP contribution is 2.22. The number of hydrogen-bond acceptors (Lipinski definition) is 3. The first-order valence-corrected chi connectivity index (χ1v) is 6.54. The normalized spacial score (nSPS) is 10.1. The summed E-state index contributed by atoms with van der Waals surface area (Å²) in [5, 5.41) is 2.76. The smallest absolute Gasteiger partial charge is 0.255 e. The quantitative estimate of drug-likeness (QED) is 0.908. The van der Waals surface area contributed by atoms with Gasteiger partial charge in [-0.2, -0.15) is 0 Å². The lowest BCUT2D eigenvalue weighted by Gasteiger charge is -2.09. The van der Waals surface area contributed by atoms with Crippen molar-refractivity contribution in [2.24, 2.45) is 5.73 Å². The number of nitrogens with two attached hydrogens (primary N) is 1. The fraction of sp³-hybridized carbons (Fsp3) is 0.0667. The van der Waals surface area contributed by atoms with E-state index in [0.29, 0.717) is 5.69 Å². The molecular formula is C15H12ClFN2O3. The molecule has 2 rings (SSSR count). The largest absolute Gasteiger partial charge is 0.494 e.